The fourth-order valence-electron chi connectivity index (χ4n) is 2.43. The Hall–Kier alpha value is -2.09. The van der Waals surface area contributed by atoms with Gasteiger partial charge in [-0.25, -0.2) is 4.99 Å². The zero-order valence-electron chi connectivity index (χ0n) is 15.5. The number of guanidine groups is 1. The number of aliphatic imine (C=N–C) groups is 1. The summed E-state index contributed by atoms with van der Waals surface area (Å²) in [5.74, 6) is 0.691. The largest absolute Gasteiger partial charge is 0.357 e. The minimum Gasteiger partial charge on any atom is -0.357 e. The van der Waals surface area contributed by atoms with Crippen LogP contribution in [0.5, 0.6) is 0 Å². The van der Waals surface area contributed by atoms with Gasteiger partial charge in [0.2, 0.25) is 0 Å². The van der Waals surface area contributed by atoms with E-state index in [0.29, 0.717) is 12.1 Å². The van der Waals surface area contributed by atoms with E-state index in [1.807, 2.05) is 49.4 Å². The van der Waals surface area contributed by atoms with Crippen molar-refractivity contribution in [3.8, 4) is 0 Å². The summed E-state index contributed by atoms with van der Waals surface area (Å²) in [7, 11) is 1.63. The van der Waals surface area contributed by atoms with E-state index >= 15 is 0 Å². The summed E-state index contributed by atoms with van der Waals surface area (Å²) in [6, 6.07) is 17.9. The number of carbonyl (C=O) groups is 1. The molecule has 2 aromatic rings. The van der Waals surface area contributed by atoms with Gasteiger partial charge in [0.1, 0.15) is 0 Å². The molecule has 140 valence electrons. The average Bonchev–Trinajstić information content (AvgIpc) is 2.66. The molecule has 0 radical (unpaired) electrons. The molecule has 0 heterocycles. The number of halogens is 1. The SMILES string of the molecule is CCNC(=NCc1ccc(C(=O)NC)cc1)NC(C)c1ccccc1.I. The Labute approximate surface area is 172 Å². The first kappa shape index (κ1) is 22.0. The Bertz CT molecular complexity index is 702. The van der Waals surface area contributed by atoms with E-state index in [9.17, 15) is 4.79 Å². The molecule has 26 heavy (non-hydrogen) atoms. The van der Waals surface area contributed by atoms with Gasteiger partial charge >= 0.3 is 0 Å². The van der Waals surface area contributed by atoms with Crippen LogP contribution in [0.15, 0.2) is 59.6 Å². The van der Waals surface area contributed by atoms with E-state index in [0.717, 1.165) is 18.1 Å². The van der Waals surface area contributed by atoms with Gasteiger partial charge in [0, 0.05) is 19.2 Å². The molecule has 0 saturated carbocycles. The van der Waals surface area contributed by atoms with Crippen molar-refractivity contribution < 1.29 is 4.79 Å². The van der Waals surface area contributed by atoms with Crippen LogP contribution in [0.25, 0.3) is 0 Å². The molecule has 0 aliphatic heterocycles. The van der Waals surface area contributed by atoms with Gasteiger partial charge in [0.15, 0.2) is 5.96 Å². The second-order valence-corrected chi connectivity index (χ2v) is 5.75. The van der Waals surface area contributed by atoms with E-state index in [2.05, 4.69) is 40.0 Å². The normalized spacial score (nSPS) is 11.9. The highest BCUT2D eigenvalue weighted by Gasteiger charge is 2.07. The molecule has 0 aliphatic carbocycles. The fourth-order valence-corrected chi connectivity index (χ4v) is 2.43. The van der Waals surface area contributed by atoms with Gasteiger partial charge < -0.3 is 16.0 Å². The van der Waals surface area contributed by atoms with Crippen LogP contribution in [0.2, 0.25) is 0 Å². The average molecular weight is 466 g/mol. The molecule has 1 amide bonds. The molecule has 2 rings (SSSR count). The summed E-state index contributed by atoms with van der Waals surface area (Å²) in [6.45, 7) is 5.50. The second-order valence-electron chi connectivity index (χ2n) is 5.75. The number of nitrogens with one attached hydrogen (secondary N) is 3. The smallest absolute Gasteiger partial charge is 0.251 e. The van der Waals surface area contributed by atoms with Gasteiger partial charge in [0.05, 0.1) is 12.6 Å². The summed E-state index contributed by atoms with van der Waals surface area (Å²) >= 11 is 0. The molecule has 0 spiro atoms. The maximum atomic E-state index is 11.6. The first-order valence-corrected chi connectivity index (χ1v) is 8.54. The van der Waals surface area contributed by atoms with Crippen LogP contribution in [0.3, 0.4) is 0 Å². The molecule has 2 aromatic carbocycles. The number of hydrogen-bond donors (Lipinski definition) is 3. The summed E-state index contributed by atoms with van der Waals surface area (Å²) in [5, 5.41) is 9.30. The lowest BCUT2D eigenvalue weighted by Gasteiger charge is -2.18. The van der Waals surface area contributed by atoms with Gasteiger partial charge in [-0.1, -0.05) is 42.5 Å². The monoisotopic (exact) mass is 466 g/mol. The van der Waals surface area contributed by atoms with E-state index < -0.39 is 0 Å². The molecule has 0 saturated heterocycles. The van der Waals surface area contributed by atoms with Gasteiger partial charge in [-0.15, -0.1) is 24.0 Å². The molecule has 1 atom stereocenters. The Morgan fingerprint density at radius 1 is 1.08 bits per heavy atom. The molecular weight excluding hydrogens is 439 g/mol. The first-order chi connectivity index (χ1) is 12.1. The first-order valence-electron chi connectivity index (χ1n) is 8.54. The lowest BCUT2D eigenvalue weighted by molar-refractivity contribution is 0.0963. The predicted octanol–water partition coefficient (Wildman–Crippen LogP) is 3.48. The van der Waals surface area contributed by atoms with Gasteiger partial charge in [-0.2, -0.15) is 0 Å². The summed E-state index contributed by atoms with van der Waals surface area (Å²) in [5.41, 5.74) is 2.92. The van der Waals surface area contributed by atoms with Crippen LogP contribution >= 0.6 is 24.0 Å². The van der Waals surface area contributed by atoms with Crippen LogP contribution in [0, 0.1) is 0 Å². The third kappa shape index (κ3) is 6.67. The standard InChI is InChI=1S/C20H26N4O.HI/c1-4-22-20(24-15(2)17-8-6-5-7-9-17)23-14-16-10-12-18(13-11-16)19(25)21-3;/h5-13,15H,4,14H2,1-3H3,(H,21,25)(H2,22,23,24);1H. The second kappa shape index (κ2) is 11.5. The van der Waals surface area contributed by atoms with Crippen LogP contribution in [0.1, 0.15) is 41.4 Å². The van der Waals surface area contributed by atoms with Crippen molar-refractivity contribution in [2.24, 2.45) is 4.99 Å². The van der Waals surface area contributed by atoms with Crippen LogP contribution < -0.4 is 16.0 Å². The van der Waals surface area contributed by atoms with E-state index in [-0.39, 0.29) is 35.9 Å². The summed E-state index contributed by atoms with van der Waals surface area (Å²) in [4.78, 5) is 16.2. The summed E-state index contributed by atoms with van der Waals surface area (Å²) in [6.07, 6.45) is 0. The minimum absolute atomic E-state index is 0. The zero-order valence-corrected chi connectivity index (χ0v) is 17.8. The van der Waals surface area contributed by atoms with Crippen molar-refractivity contribution in [1.82, 2.24) is 16.0 Å². The molecule has 5 nitrogen and oxygen atoms in total. The summed E-state index contributed by atoms with van der Waals surface area (Å²) < 4.78 is 0. The van der Waals surface area contributed by atoms with Crippen molar-refractivity contribution in [3.63, 3.8) is 0 Å². The topological polar surface area (TPSA) is 65.5 Å². The molecule has 6 heteroatoms. The molecule has 0 aliphatic rings. The quantitative estimate of drug-likeness (QED) is 0.347. The van der Waals surface area contributed by atoms with Crippen molar-refractivity contribution in [3.05, 3.63) is 71.3 Å². The molecule has 0 aromatic heterocycles. The molecular formula is C20H27IN4O. The van der Waals surface area contributed by atoms with Crippen LogP contribution in [-0.2, 0) is 6.54 Å². The third-order valence-corrected chi connectivity index (χ3v) is 3.86. The van der Waals surface area contributed by atoms with E-state index in [4.69, 9.17) is 0 Å². The number of rotatable bonds is 6. The highest BCUT2D eigenvalue weighted by molar-refractivity contribution is 14.0. The Morgan fingerprint density at radius 2 is 1.73 bits per heavy atom. The van der Waals surface area contributed by atoms with Crippen LogP contribution in [0.4, 0.5) is 0 Å². The molecule has 3 N–H and O–H groups in total. The number of nitrogens with zero attached hydrogens (tertiary/aromatic N) is 1. The number of benzene rings is 2. The highest BCUT2D eigenvalue weighted by Crippen LogP contribution is 2.11. The van der Waals surface area contributed by atoms with Crippen molar-refractivity contribution >= 4 is 35.8 Å². The van der Waals surface area contributed by atoms with E-state index in [1.54, 1.807) is 7.05 Å². The fraction of sp³-hybridized carbons (Fsp3) is 0.300. The van der Waals surface area contributed by atoms with Crippen molar-refractivity contribution in [1.29, 1.82) is 0 Å². The number of hydrogen-bond acceptors (Lipinski definition) is 2. The maximum absolute atomic E-state index is 11.6. The maximum Gasteiger partial charge on any atom is 0.251 e. The van der Waals surface area contributed by atoms with Gasteiger partial charge in [-0.3, -0.25) is 4.79 Å². The molecule has 0 fully saturated rings. The van der Waals surface area contributed by atoms with Crippen molar-refractivity contribution in [2.45, 2.75) is 26.4 Å². The Balaban J connectivity index is 0.00000338. The minimum atomic E-state index is -0.0817. The third-order valence-electron chi connectivity index (χ3n) is 3.86. The Kier molecular flexibility index (Phi) is 9.72. The lowest BCUT2D eigenvalue weighted by atomic mass is 10.1. The lowest BCUT2D eigenvalue weighted by Crippen LogP contribution is -2.38. The van der Waals surface area contributed by atoms with Crippen LogP contribution in [-0.4, -0.2) is 25.5 Å². The molecule has 1 unspecified atom stereocenters. The van der Waals surface area contributed by atoms with E-state index in [1.165, 1.54) is 5.56 Å². The van der Waals surface area contributed by atoms with Crippen molar-refractivity contribution in [2.75, 3.05) is 13.6 Å². The highest BCUT2D eigenvalue weighted by atomic mass is 127. The Morgan fingerprint density at radius 3 is 2.31 bits per heavy atom. The predicted molar refractivity (Wildman–Crippen MR) is 118 cm³/mol. The van der Waals surface area contributed by atoms with Gasteiger partial charge in [0.25, 0.3) is 5.91 Å². The van der Waals surface area contributed by atoms with Gasteiger partial charge in [-0.05, 0) is 37.1 Å². The number of amides is 1. The number of carbonyl (C=O) groups excluding carboxylic acids is 1. The molecule has 0 bridgehead atoms. The zero-order chi connectivity index (χ0) is 18.1.